The molecule has 0 radical (unpaired) electrons. The van der Waals surface area contributed by atoms with Gasteiger partial charge in [0.05, 0.1) is 0 Å². The maximum Gasteiger partial charge on any atom is 0.0488 e. The standard InChI is InChI=1S/C24H31N.3C2H6/c1-8-11-15-19(9-2)22-23(20-16-13-12-14-17-20)25(7)21(10-3)18(4)24(22,5)6;3*1-2/h8-14,16H,2-3,15,17H2,1,4-7H3;3*1-2H3/b11-8-,22-19+,23-20+;;;. The predicted molar refractivity (Wildman–Crippen MR) is 145 cm³/mol. The van der Waals surface area contributed by atoms with Crippen molar-refractivity contribution in [1.29, 1.82) is 0 Å². The third-order valence-corrected chi connectivity index (χ3v) is 5.40. The largest absolute Gasteiger partial charge is 0.344 e. The molecule has 1 aliphatic heterocycles. The van der Waals surface area contributed by atoms with E-state index in [1.54, 1.807) is 0 Å². The van der Waals surface area contributed by atoms with Gasteiger partial charge in [-0.25, -0.2) is 0 Å². The van der Waals surface area contributed by atoms with Crippen LogP contribution in [0.1, 0.15) is 82.1 Å². The second-order valence-electron chi connectivity index (χ2n) is 7.14. The molecule has 0 aromatic rings. The first kappa shape index (κ1) is 30.9. The number of hydrogen-bond donors (Lipinski definition) is 0. The van der Waals surface area contributed by atoms with Crippen LogP contribution in [0.5, 0.6) is 0 Å². The number of nitrogens with zero attached hydrogens (tertiary/aromatic N) is 1. The molecule has 2 rings (SSSR count). The first-order valence-electron chi connectivity index (χ1n) is 12.0. The molecule has 0 fully saturated rings. The number of rotatable bonds is 4. The Morgan fingerprint density at radius 2 is 1.65 bits per heavy atom. The summed E-state index contributed by atoms with van der Waals surface area (Å²) in [6.07, 6.45) is 18.9. The quantitative estimate of drug-likeness (QED) is 0.407. The summed E-state index contributed by atoms with van der Waals surface area (Å²) < 4.78 is 0. The molecule has 0 N–H and O–H groups in total. The van der Waals surface area contributed by atoms with Crippen molar-refractivity contribution in [1.82, 2.24) is 4.90 Å². The molecule has 0 unspecified atom stereocenters. The minimum atomic E-state index is -0.0710. The summed E-state index contributed by atoms with van der Waals surface area (Å²) in [7, 11) is 2.15. The van der Waals surface area contributed by atoms with E-state index in [1.807, 2.05) is 53.7 Å². The molecule has 0 aromatic heterocycles. The van der Waals surface area contributed by atoms with Gasteiger partial charge < -0.3 is 4.90 Å². The zero-order chi connectivity index (χ0) is 24.6. The van der Waals surface area contributed by atoms with Gasteiger partial charge in [0.15, 0.2) is 0 Å². The van der Waals surface area contributed by atoms with Crippen LogP contribution in [0.15, 0.2) is 95.5 Å². The SMILES string of the molecule is C=CC1=C(C)C(C)(C)C(=C(\C=C)C/C=C\C)/C(=C2/C=CC=CC2)N1C.CC.CC.CC. The summed E-state index contributed by atoms with van der Waals surface area (Å²) in [5.41, 5.74) is 7.79. The average molecular weight is 424 g/mol. The Morgan fingerprint density at radius 3 is 2.06 bits per heavy atom. The molecular weight excluding hydrogens is 374 g/mol. The second kappa shape index (κ2) is 16.4. The van der Waals surface area contributed by atoms with Crippen molar-refractivity contribution >= 4 is 0 Å². The molecule has 0 saturated carbocycles. The topological polar surface area (TPSA) is 3.24 Å². The van der Waals surface area contributed by atoms with Crippen molar-refractivity contribution in [2.24, 2.45) is 5.41 Å². The summed E-state index contributed by atoms with van der Waals surface area (Å²) in [6, 6.07) is 0. The van der Waals surface area contributed by atoms with Crippen LogP contribution in [0, 0.1) is 5.41 Å². The van der Waals surface area contributed by atoms with E-state index in [4.69, 9.17) is 0 Å². The van der Waals surface area contributed by atoms with Crippen molar-refractivity contribution < 1.29 is 0 Å². The highest BCUT2D eigenvalue weighted by molar-refractivity contribution is 5.58. The van der Waals surface area contributed by atoms with Crippen LogP contribution >= 0.6 is 0 Å². The lowest BCUT2D eigenvalue weighted by molar-refractivity contribution is 0.410. The van der Waals surface area contributed by atoms with E-state index in [2.05, 4.69) is 89.3 Å². The lowest BCUT2D eigenvalue weighted by atomic mass is 9.69. The van der Waals surface area contributed by atoms with Gasteiger partial charge in [0.2, 0.25) is 0 Å². The van der Waals surface area contributed by atoms with E-state index in [1.165, 1.54) is 33.7 Å². The Hall–Kier alpha value is -2.28. The van der Waals surface area contributed by atoms with Gasteiger partial charge in [-0.1, -0.05) is 111 Å². The van der Waals surface area contributed by atoms with Crippen LogP contribution in [0.4, 0.5) is 0 Å². The molecule has 0 atom stereocenters. The van der Waals surface area contributed by atoms with Crippen molar-refractivity contribution in [2.45, 2.75) is 82.1 Å². The monoisotopic (exact) mass is 423 g/mol. The van der Waals surface area contributed by atoms with Crippen LogP contribution in [-0.4, -0.2) is 11.9 Å². The van der Waals surface area contributed by atoms with Gasteiger partial charge in [0, 0.05) is 23.9 Å². The smallest absolute Gasteiger partial charge is 0.0488 e. The van der Waals surface area contributed by atoms with Crippen LogP contribution in [0.25, 0.3) is 0 Å². The Labute approximate surface area is 195 Å². The molecule has 2 aliphatic rings. The van der Waals surface area contributed by atoms with E-state index in [-0.39, 0.29) is 5.41 Å². The van der Waals surface area contributed by atoms with Gasteiger partial charge in [-0.15, -0.1) is 0 Å². The maximum atomic E-state index is 4.12. The van der Waals surface area contributed by atoms with Crippen LogP contribution < -0.4 is 0 Å². The first-order valence-corrected chi connectivity index (χ1v) is 12.0. The minimum absolute atomic E-state index is 0.0710. The molecule has 1 nitrogen and oxygen atoms in total. The molecule has 0 amide bonds. The molecule has 1 heterocycles. The highest BCUT2D eigenvalue weighted by Crippen LogP contribution is 2.50. The fourth-order valence-electron chi connectivity index (χ4n) is 3.78. The van der Waals surface area contributed by atoms with Gasteiger partial charge in [-0.2, -0.15) is 0 Å². The predicted octanol–water partition coefficient (Wildman–Crippen LogP) is 9.72. The summed E-state index contributed by atoms with van der Waals surface area (Å²) in [5.74, 6) is 0. The molecule has 1 aliphatic carbocycles. The van der Waals surface area contributed by atoms with E-state index < -0.39 is 0 Å². The highest BCUT2D eigenvalue weighted by atomic mass is 15.1. The second-order valence-corrected chi connectivity index (χ2v) is 7.14. The number of likely N-dealkylation sites (N-methyl/N-ethyl adjacent to an activating group) is 1. The minimum Gasteiger partial charge on any atom is -0.344 e. The Bertz CT molecular complexity index is 745. The Kier molecular flexibility index (Phi) is 16.4. The van der Waals surface area contributed by atoms with E-state index in [9.17, 15) is 0 Å². The van der Waals surface area contributed by atoms with E-state index >= 15 is 0 Å². The molecule has 0 spiro atoms. The Morgan fingerprint density at radius 1 is 1.06 bits per heavy atom. The first-order chi connectivity index (χ1) is 14.9. The summed E-state index contributed by atoms with van der Waals surface area (Å²) in [5, 5.41) is 0. The third kappa shape index (κ3) is 7.42. The lowest BCUT2D eigenvalue weighted by Gasteiger charge is -2.45. The average Bonchev–Trinajstić information content (AvgIpc) is 2.82. The fraction of sp³-hybridized carbons (Fsp3) is 0.467. The summed E-state index contributed by atoms with van der Waals surface area (Å²) in [6.45, 7) is 29.1. The van der Waals surface area contributed by atoms with E-state index in [0.29, 0.717) is 0 Å². The zero-order valence-electron chi connectivity index (χ0n) is 22.4. The van der Waals surface area contributed by atoms with Gasteiger partial charge in [0.25, 0.3) is 0 Å². The zero-order valence-corrected chi connectivity index (χ0v) is 22.4. The third-order valence-electron chi connectivity index (χ3n) is 5.40. The van der Waals surface area contributed by atoms with Crippen molar-refractivity contribution in [3.05, 3.63) is 95.5 Å². The fourth-order valence-corrected chi connectivity index (χ4v) is 3.78. The number of hydrogen-bond acceptors (Lipinski definition) is 1. The molecule has 0 bridgehead atoms. The maximum absolute atomic E-state index is 4.12. The van der Waals surface area contributed by atoms with Crippen LogP contribution in [-0.2, 0) is 0 Å². The van der Waals surface area contributed by atoms with E-state index in [0.717, 1.165) is 12.8 Å². The van der Waals surface area contributed by atoms with Gasteiger partial charge in [-0.05, 0) is 55.1 Å². The molecule has 1 heteroatoms. The van der Waals surface area contributed by atoms with Crippen molar-refractivity contribution in [3.8, 4) is 0 Å². The molecule has 31 heavy (non-hydrogen) atoms. The van der Waals surface area contributed by atoms with Crippen molar-refractivity contribution in [2.75, 3.05) is 7.05 Å². The van der Waals surface area contributed by atoms with Crippen molar-refractivity contribution in [3.63, 3.8) is 0 Å². The van der Waals surface area contributed by atoms with Gasteiger partial charge in [0.1, 0.15) is 0 Å². The summed E-state index contributed by atoms with van der Waals surface area (Å²) in [4.78, 5) is 2.31. The highest BCUT2D eigenvalue weighted by Gasteiger charge is 2.38. The van der Waals surface area contributed by atoms with Gasteiger partial charge >= 0.3 is 0 Å². The summed E-state index contributed by atoms with van der Waals surface area (Å²) >= 11 is 0. The molecule has 0 saturated heterocycles. The normalized spacial score (nSPS) is 20.7. The number of allylic oxidation sites excluding steroid dienone is 12. The molecule has 0 aromatic carbocycles. The van der Waals surface area contributed by atoms with Crippen LogP contribution in [0.3, 0.4) is 0 Å². The lowest BCUT2D eigenvalue weighted by Crippen LogP contribution is -2.35. The Balaban J connectivity index is 0. The molecular formula is C30H49N. The molecule has 174 valence electrons. The van der Waals surface area contributed by atoms with Gasteiger partial charge in [-0.3, -0.25) is 0 Å². The van der Waals surface area contributed by atoms with Crippen LogP contribution in [0.2, 0.25) is 0 Å².